The van der Waals surface area contributed by atoms with Crippen LogP contribution < -0.4 is 9.46 Å². The maximum absolute atomic E-state index is 13.5. The van der Waals surface area contributed by atoms with Gasteiger partial charge in [-0.25, -0.2) is 17.5 Å². The first-order valence-electron chi connectivity index (χ1n) is 6.78. The lowest BCUT2D eigenvalue weighted by molar-refractivity contribution is -0.275. The Morgan fingerprint density at radius 3 is 2.44 bits per heavy atom. The van der Waals surface area contributed by atoms with Gasteiger partial charge < -0.3 is 4.74 Å². The van der Waals surface area contributed by atoms with Crippen molar-refractivity contribution in [2.75, 3.05) is 0 Å². The minimum atomic E-state index is -5.05. The largest absolute Gasteiger partial charge is 0.573 e. The van der Waals surface area contributed by atoms with Gasteiger partial charge in [0.05, 0.1) is 0 Å². The third-order valence-corrected chi connectivity index (χ3v) is 5.06. The zero-order valence-corrected chi connectivity index (χ0v) is 15.1. The fourth-order valence-corrected chi connectivity index (χ4v) is 3.38. The number of alkyl halides is 3. The van der Waals surface area contributed by atoms with Gasteiger partial charge in [-0.1, -0.05) is 28.1 Å². The first-order valence-corrected chi connectivity index (χ1v) is 9.05. The minimum absolute atomic E-state index is 0.214. The summed E-state index contributed by atoms with van der Waals surface area (Å²) in [4.78, 5) is -0.680. The number of sulfonamides is 1. The Morgan fingerprint density at radius 2 is 1.84 bits per heavy atom. The van der Waals surface area contributed by atoms with Crippen LogP contribution in [0.4, 0.5) is 17.6 Å². The van der Waals surface area contributed by atoms with Gasteiger partial charge in [-0.3, -0.25) is 0 Å². The molecule has 0 bridgehead atoms. The number of hydrogen-bond donors (Lipinski definition) is 1. The van der Waals surface area contributed by atoms with Gasteiger partial charge in [0.1, 0.15) is 10.7 Å². The first kappa shape index (κ1) is 19.7. The van der Waals surface area contributed by atoms with Crippen molar-refractivity contribution >= 4 is 26.0 Å². The molecule has 10 heteroatoms. The SMILES string of the molecule is Cc1ccc(CNS(=O)(=O)c2ccc(Br)cc2OC(F)(F)F)cc1F. The summed E-state index contributed by atoms with van der Waals surface area (Å²) in [5, 5.41) is 0. The van der Waals surface area contributed by atoms with E-state index in [1.165, 1.54) is 18.2 Å². The Kier molecular flexibility index (Phi) is 5.75. The van der Waals surface area contributed by atoms with Crippen LogP contribution in [0.25, 0.3) is 0 Å². The number of benzene rings is 2. The lowest BCUT2D eigenvalue weighted by Gasteiger charge is -2.14. The fourth-order valence-electron chi connectivity index (χ4n) is 1.91. The third kappa shape index (κ3) is 5.41. The van der Waals surface area contributed by atoms with Crippen LogP contribution in [0.2, 0.25) is 0 Å². The van der Waals surface area contributed by atoms with Crippen molar-refractivity contribution < 1.29 is 30.7 Å². The molecule has 0 aromatic heterocycles. The second-order valence-corrected chi connectivity index (χ2v) is 7.70. The van der Waals surface area contributed by atoms with Crippen molar-refractivity contribution in [3.63, 3.8) is 0 Å². The average Bonchev–Trinajstić information content (AvgIpc) is 2.46. The number of hydrogen-bond acceptors (Lipinski definition) is 3. The number of rotatable bonds is 5. The van der Waals surface area contributed by atoms with E-state index in [4.69, 9.17) is 0 Å². The van der Waals surface area contributed by atoms with Crippen LogP contribution in [-0.2, 0) is 16.6 Å². The summed E-state index contributed by atoms with van der Waals surface area (Å²) >= 11 is 2.96. The minimum Gasteiger partial charge on any atom is -0.404 e. The molecule has 0 saturated heterocycles. The molecule has 0 aliphatic heterocycles. The molecule has 0 radical (unpaired) electrons. The molecule has 25 heavy (non-hydrogen) atoms. The highest BCUT2D eigenvalue weighted by molar-refractivity contribution is 9.10. The maximum atomic E-state index is 13.5. The van der Waals surface area contributed by atoms with E-state index in [0.29, 0.717) is 11.1 Å². The van der Waals surface area contributed by atoms with Gasteiger partial charge in [0, 0.05) is 11.0 Å². The van der Waals surface area contributed by atoms with Gasteiger partial charge in [-0.15, -0.1) is 13.2 Å². The van der Waals surface area contributed by atoms with Crippen LogP contribution >= 0.6 is 15.9 Å². The van der Waals surface area contributed by atoms with Crippen LogP contribution in [0.3, 0.4) is 0 Å². The van der Waals surface area contributed by atoms with Crippen LogP contribution in [-0.4, -0.2) is 14.8 Å². The predicted octanol–water partition coefficient (Wildman–Crippen LogP) is 4.27. The van der Waals surface area contributed by atoms with Gasteiger partial charge in [0.25, 0.3) is 0 Å². The van der Waals surface area contributed by atoms with Crippen molar-refractivity contribution in [1.82, 2.24) is 4.72 Å². The van der Waals surface area contributed by atoms with Crippen LogP contribution in [0.5, 0.6) is 5.75 Å². The summed E-state index contributed by atoms with van der Waals surface area (Å²) in [6.45, 7) is 1.26. The molecular formula is C15H12BrF4NO3S. The Hall–Kier alpha value is -1.65. The van der Waals surface area contributed by atoms with Crippen LogP contribution in [0.15, 0.2) is 45.8 Å². The summed E-state index contributed by atoms with van der Waals surface area (Å²) in [5.41, 5.74) is 0.711. The second-order valence-electron chi connectivity index (χ2n) is 5.05. The number of ether oxygens (including phenoxy) is 1. The molecule has 2 rings (SSSR count). The molecular weight excluding hydrogens is 430 g/mol. The predicted molar refractivity (Wildman–Crippen MR) is 86.0 cm³/mol. The van der Waals surface area contributed by atoms with E-state index >= 15 is 0 Å². The van der Waals surface area contributed by atoms with Crippen LogP contribution in [0.1, 0.15) is 11.1 Å². The number of aryl methyl sites for hydroxylation is 1. The molecule has 0 heterocycles. The van der Waals surface area contributed by atoms with E-state index in [1.807, 2.05) is 0 Å². The molecule has 0 atom stereocenters. The highest BCUT2D eigenvalue weighted by Gasteiger charge is 2.34. The molecule has 0 fully saturated rings. The molecule has 0 aliphatic rings. The molecule has 136 valence electrons. The summed E-state index contributed by atoms with van der Waals surface area (Å²) in [7, 11) is -4.32. The maximum Gasteiger partial charge on any atom is 0.573 e. The highest BCUT2D eigenvalue weighted by atomic mass is 79.9. The lowest BCUT2D eigenvalue weighted by Crippen LogP contribution is -2.25. The Bertz CT molecular complexity index is 885. The molecule has 4 nitrogen and oxygen atoms in total. The molecule has 1 N–H and O–H groups in total. The number of nitrogens with one attached hydrogen (secondary N) is 1. The van der Waals surface area contributed by atoms with Crippen molar-refractivity contribution in [1.29, 1.82) is 0 Å². The Balaban J connectivity index is 2.28. The van der Waals surface area contributed by atoms with E-state index in [0.717, 1.165) is 18.2 Å². The topological polar surface area (TPSA) is 55.4 Å². The van der Waals surface area contributed by atoms with Crippen LogP contribution in [0, 0.1) is 12.7 Å². The Labute approximate surface area is 150 Å². The quantitative estimate of drug-likeness (QED) is 0.704. The van der Waals surface area contributed by atoms with E-state index < -0.39 is 32.8 Å². The first-order chi connectivity index (χ1) is 11.5. The monoisotopic (exact) mass is 441 g/mol. The third-order valence-electron chi connectivity index (χ3n) is 3.12. The number of halogens is 5. The summed E-state index contributed by atoms with van der Waals surface area (Å²) in [5.74, 6) is -1.38. The van der Waals surface area contributed by atoms with Gasteiger partial charge in [0.15, 0.2) is 5.75 Å². The molecule has 0 saturated carbocycles. The van der Waals surface area contributed by atoms with Gasteiger partial charge in [-0.05, 0) is 42.3 Å². The smallest absolute Gasteiger partial charge is 0.404 e. The normalized spacial score (nSPS) is 12.2. The van der Waals surface area contributed by atoms with Crippen molar-refractivity contribution in [2.45, 2.75) is 24.7 Å². The highest BCUT2D eigenvalue weighted by Crippen LogP contribution is 2.32. The molecule has 0 aliphatic carbocycles. The van der Waals surface area contributed by atoms with E-state index in [9.17, 15) is 26.0 Å². The Morgan fingerprint density at radius 1 is 1.16 bits per heavy atom. The van der Waals surface area contributed by atoms with Crippen molar-refractivity contribution in [3.8, 4) is 5.75 Å². The molecule has 0 amide bonds. The average molecular weight is 442 g/mol. The summed E-state index contributed by atoms with van der Waals surface area (Å²) in [6, 6.07) is 7.26. The van der Waals surface area contributed by atoms with Crippen molar-refractivity contribution in [2.24, 2.45) is 0 Å². The summed E-state index contributed by atoms with van der Waals surface area (Å²) < 4.78 is 81.7. The van der Waals surface area contributed by atoms with Gasteiger partial charge in [0.2, 0.25) is 10.0 Å². The molecule has 0 unspecified atom stereocenters. The fraction of sp³-hybridized carbons (Fsp3) is 0.200. The second kappa shape index (κ2) is 7.30. The van der Waals surface area contributed by atoms with E-state index in [2.05, 4.69) is 25.4 Å². The van der Waals surface area contributed by atoms with E-state index in [1.54, 1.807) is 6.92 Å². The zero-order chi connectivity index (χ0) is 18.8. The van der Waals surface area contributed by atoms with Crippen molar-refractivity contribution in [3.05, 3.63) is 57.8 Å². The summed E-state index contributed by atoms with van der Waals surface area (Å²) in [6.07, 6.45) is -5.05. The standard InChI is InChI=1S/C15H12BrF4NO3S/c1-9-2-3-10(6-12(9)17)8-21-25(22,23)14-5-4-11(16)7-13(14)24-15(18,19)20/h2-7,21H,8H2,1H3. The lowest BCUT2D eigenvalue weighted by atomic mass is 10.1. The molecule has 0 spiro atoms. The van der Waals surface area contributed by atoms with E-state index in [-0.39, 0.29) is 11.0 Å². The zero-order valence-electron chi connectivity index (χ0n) is 12.7. The van der Waals surface area contributed by atoms with Gasteiger partial charge >= 0.3 is 6.36 Å². The molecule has 2 aromatic rings. The van der Waals surface area contributed by atoms with Gasteiger partial charge in [-0.2, -0.15) is 0 Å². The molecule has 2 aromatic carbocycles.